The van der Waals surface area contributed by atoms with Gasteiger partial charge in [0, 0.05) is 25.1 Å². The average molecular weight is 207 g/mol. The van der Waals surface area contributed by atoms with E-state index in [0.29, 0.717) is 12.3 Å². The molecular weight excluding hydrogens is 186 g/mol. The summed E-state index contributed by atoms with van der Waals surface area (Å²) >= 11 is 0. The summed E-state index contributed by atoms with van der Waals surface area (Å²) in [7, 11) is 1.90. The first-order valence-electron chi connectivity index (χ1n) is 5.71. The van der Waals surface area contributed by atoms with E-state index in [9.17, 15) is 4.79 Å². The zero-order valence-electron chi connectivity index (χ0n) is 10.2. The molecule has 2 heteroatoms. The molecule has 0 saturated carbocycles. The van der Waals surface area contributed by atoms with E-state index in [4.69, 9.17) is 0 Å². The van der Waals surface area contributed by atoms with Crippen molar-refractivity contribution in [2.24, 2.45) is 5.92 Å². The van der Waals surface area contributed by atoms with E-state index in [0.717, 1.165) is 12.8 Å². The molecule has 1 amide bonds. The van der Waals surface area contributed by atoms with Gasteiger partial charge in [-0.25, -0.2) is 0 Å². The fraction of sp³-hybridized carbons (Fsp3) is 0.615. The van der Waals surface area contributed by atoms with E-state index in [1.807, 2.05) is 18.9 Å². The van der Waals surface area contributed by atoms with Gasteiger partial charge in [0.15, 0.2) is 0 Å². The summed E-state index contributed by atoms with van der Waals surface area (Å²) in [6.45, 7) is 6.30. The molecule has 0 saturated heterocycles. The highest BCUT2D eigenvalue weighted by molar-refractivity contribution is 5.78. The Bertz CT molecular complexity index is 302. The number of hydrogen-bond donors (Lipinski definition) is 0. The Morgan fingerprint density at radius 2 is 2.27 bits per heavy atom. The van der Waals surface area contributed by atoms with Gasteiger partial charge >= 0.3 is 0 Å². The number of amides is 1. The number of carbonyl (C=O) groups is 1. The van der Waals surface area contributed by atoms with Crippen molar-refractivity contribution in [2.75, 3.05) is 7.05 Å². The van der Waals surface area contributed by atoms with Crippen LogP contribution in [0.25, 0.3) is 0 Å². The van der Waals surface area contributed by atoms with Crippen LogP contribution in [0.15, 0.2) is 23.4 Å². The predicted octanol–water partition coefficient (Wildman–Crippen LogP) is 3.11. The van der Waals surface area contributed by atoms with Crippen LogP contribution >= 0.6 is 0 Å². The van der Waals surface area contributed by atoms with E-state index >= 15 is 0 Å². The van der Waals surface area contributed by atoms with E-state index in [1.165, 1.54) is 11.3 Å². The van der Waals surface area contributed by atoms with Crippen molar-refractivity contribution in [3.63, 3.8) is 0 Å². The van der Waals surface area contributed by atoms with Crippen LogP contribution < -0.4 is 0 Å². The number of hydrogen-bond acceptors (Lipinski definition) is 1. The molecule has 0 aromatic rings. The van der Waals surface area contributed by atoms with Gasteiger partial charge in [0.25, 0.3) is 0 Å². The Balaban J connectivity index is 2.85. The molecule has 1 unspecified atom stereocenters. The largest absolute Gasteiger partial charge is 0.319 e. The van der Waals surface area contributed by atoms with Gasteiger partial charge in [-0.15, -0.1) is 0 Å². The monoisotopic (exact) mass is 207 g/mol. The summed E-state index contributed by atoms with van der Waals surface area (Å²) in [5, 5.41) is 0. The summed E-state index contributed by atoms with van der Waals surface area (Å²) in [4.78, 5) is 13.6. The number of rotatable bonds is 3. The zero-order chi connectivity index (χ0) is 11.4. The van der Waals surface area contributed by atoms with E-state index < -0.39 is 0 Å². The maximum Gasteiger partial charge on any atom is 0.226 e. The third kappa shape index (κ3) is 2.71. The summed E-state index contributed by atoms with van der Waals surface area (Å²) < 4.78 is 0. The van der Waals surface area contributed by atoms with Crippen LogP contribution in [-0.2, 0) is 4.79 Å². The van der Waals surface area contributed by atoms with Crippen molar-refractivity contribution in [3.8, 4) is 0 Å². The molecule has 0 aromatic heterocycles. The molecule has 0 heterocycles. The van der Waals surface area contributed by atoms with Crippen molar-refractivity contribution in [1.82, 2.24) is 4.90 Å². The zero-order valence-corrected chi connectivity index (χ0v) is 10.2. The van der Waals surface area contributed by atoms with Crippen molar-refractivity contribution < 1.29 is 4.79 Å². The first-order valence-corrected chi connectivity index (χ1v) is 5.71. The number of nitrogens with zero attached hydrogens (tertiary/aromatic N) is 1. The van der Waals surface area contributed by atoms with Crippen LogP contribution in [0.2, 0.25) is 0 Å². The third-order valence-electron chi connectivity index (χ3n) is 2.93. The Morgan fingerprint density at radius 1 is 1.60 bits per heavy atom. The van der Waals surface area contributed by atoms with Crippen LogP contribution in [0.5, 0.6) is 0 Å². The summed E-state index contributed by atoms with van der Waals surface area (Å²) in [6, 6.07) is 0. The second-order valence-electron chi connectivity index (χ2n) is 4.31. The van der Waals surface area contributed by atoms with Crippen LogP contribution in [0.1, 0.15) is 40.0 Å². The van der Waals surface area contributed by atoms with Gasteiger partial charge in [-0.1, -0.05) is 26.0 Å². The molecule has 0 N–H and O–H groups in total. The molecule has 0 radical (unpaired) electrons. The molecule has 0 fully saturated rings. The lowest BCUT2D eigenvalue weighted by Gasteiger charge is -2.29. The van der Waals surface area contributed by atoms with Gasteiger partial charge in [0.2, 0.25) is 5.91 Å². The first-order chi connectivity index (χ1) is 7.07. The molecule has 0 spiro atoms. The lowest BCUT2D eigenvalue weighted by molar-refractivity contribution is -0.128. The second-order valence-corrected chi connectivity index (χ2v) is 4.31. The van der Waals surface area contributed by atoms with Gasteiger partial charge in [0.05, 0.1) is 0 Å². The minimum absolute atomic E-state index is 0.231. The van der Waals surface area contributed by atoms with Crippen LogP contribution in [0, 0.1) is 5.92 Å². The van der Waals surface area contributed by atoms with Crippen molar-refractivity contribution in [3.05, 3.63) is 23.4 Å². The van der Waals surface area contributed by atoms with Crippen molar-refractivity contribution in [1.29, 1.82) is 0 Å². The minimum atomic E-state index is 0.231. The Morgan fingerprint density at radius 3 is 2.80 bits per heavy atom. The molecule has 15 heavy (non-hydrogen) atoms. The highest BCUT2D eigenvalue weighted by Gasteiger charge is 2.21. The fourth-order valence-corrected chi connectivity index (χ4v) is 2.15. The smallest absolute Gasteiger partial charge is 0.226 e. The molecule has 2 nitrogen and oxygen atoms in total. The molecule has 0 bridgehead atoms. The first kappa shape index (κ1) is 12.0. The van der Waals surface area contributed by atoms with E-state index in [1.54, 1.807) is 0 Å². The summed E-state index contributed by atoms with van der Waals surface area (Å²) in [6.07, 6.45) is 6.90. The lowest BCUT2D eigenvalue weighted by Crippen LogP contribution is -2.30. The third-order valence-corrected chi connectivity index (χ3v) is 2.93. The quantitative estimate of drug-likeness (QED) is 0.696. The summed E-state index contributed by atoms with van der Waals surface area (Å²) in [5.41, 5.74) is 2.41. The normalized spacial score (nSPS) is 20.7. The van der Waals surface area contributed by atoms with E-state index in [-0.39, 0.29) is 5.91 Å². The van der Waals surface area contributed by atoms with Crippen LogP contribution in [0.3, 0.4) is 0 Å². The van der Waals surface area contributed by atoms with Gasteiger partial charge in [0.1, 0.15) is 0 Å². The highest BCUT2D eigenvalue weighted by atomic mass is 16.2. The minimum Gasteiger partial charge on any atom is -0.319 e. The number of allylic oxidation sites excluding steroid dienone is 4. The number of carbonyl (C=O) groups excluding carboxylic acids is 1. The predicted molar refractivity (Wildman–Crippen MR) is 63.3 cm³/mol. The van der Waals surface area contributed by atoms with E-state index in [2.05, 4.69) is 26.0 Å². The maximum absolute atomic E-state index is 11.8. The van der Waals surface area contributed by atoms with Gasteiger partial charge in [-0.3, -0.25) is 4.79 Å². The highest BCUT2D eigenvalue weighted by Crippen LogP contribution is 2.27. The molecule has 0 aromatic carbocycles. The molecule has 1 atom stereocenters. The van der Waals surface area contributed by atoms with Crippen LogP contribution in [0.4, 0.5) is 0 Å². The molecule has 1 rings (SSSR count). The Kier molecular flexibility index (Phi) is 4.13. The van der Waals surface area contributed by atoms with Crippen molar-refractivity contribution >= 4 is 5.91 Å². The lowest BCUT2D eigenvalue weighted by atomic mass is 9.93. The standard InChI is InChI=1S/C13H21NO/c1-5-7-12(15)14(4)13-10(2)8-6-9-11(13)3/h6,8,11H,5,7,9H2,1-4H3. The maximum atomic E-state index is 11.8. The summed E-state index contributed by atoms with van der Waals surface area (Å²) in [5.74, 6) is 0.690. The molecule has 1 aliphatic rings. The molecular formula is C13H21NO. The topological polar surface area (TPSA) is 20.3 Å². The molecule has 84 valence electrons. The van der Waals surface area contributed by atoms with Crippen LogP contribution in [-0.4, -0.2) is 17.9 Å². The van der Waals surface area contributed by atoms with Gasteiger partial charge < -0.3 is 4.90 Å². The SMILES string of the molecule is CCCC(=O)N(C)C1=C(C)C=CCC1C. The average Bonchev–Trinajstić information content (AvgIpc) is 2.17. The Hall–Kier alpha value is -1.05. The van der Waals surface area contributed by atoms with Gasteiger partial charge in [-0.05, 0) is 25.3 Å². The second kappa shape index (κ2) is 5.15. The van der Waals surface area contributed by atoms with Gasteiger partial charge in [-0.2, -0.15) is 0 Å². The Labute approximate surface area is 92.7 Å². The molecule has 0 aliphatic heterocycles. The fourth-order valence-electron chi connectivity index (χ4n) is 2.15. The molecule has 1 aliphatic carbocycles. The van der Waals surface area contributed by atoms with Crippen molar-refractivity contribution in [2.45, 2.75) is 40.0 Å².